The highest BCUT2D eigenvalue weighted by Crippen LogP contribution is 2.38. The summed E-state index contributed by atoms with van der Waals surface area (Å²) in [7, 11) is 0. The average Bonchev–Trinajstić information content (AvgIpc) is 3.51. The molecule has 4 atom stereocenters. The summed E-state index contributed by atoms with van der Waals surface area (Å²) in [6, 6.07) is 3.58. The predicted molar refractivity (Wildman–Crippen MR) is 128 cm³/mol. The molecular weight excluding hydrogens is 486 g/mol. The topological polar surface area (TPSA) is 146 Å². The van der Waals surface area contributed by atoms with E-state index in [1.165, 1.54) is 4.90 Å². The van der Waals surface area contributed by atoms with Gasteiger partial charge in [-0.1, -0.05) is 25.0 Å². The van der Waals surface area contributed by atoms with Crippen LogP contribution in [0.2, 0.25) is 0 Å². The second kappa shape index (κ2) is 10.1. The van der Waals surface area contributed by atoms with E-state index in [9.17, 15) is 19.2 Å². The Kier molecular flexibility index (Phi) is 6.99. The molecule has 10 nitrogen and oxygen atoms in total. The summed E-state index contributed by atoms with van der Waals surface area (Å²) in [6.07, 6.45) is 3.46. The van der Waals surface area contributed by atoms with Crippen LogP contribution in [0.5, 0.6) is 0 Å². The number of piperidine rings is 1. The first-order chi connectivity index (χ1) is 17.6. The minimum Gasteiger partial charge on any atom is -0.347 e. The highest BCUT2D eigenvalue weighted by Gasteiger charge is 2.53. The van der Waals surface area contributed by atoms with Crippen LogP contribution in [0.4, 0.5) is 8.78 Å². The third-order valence-corrected chi connectivity index (χ3v) is 8.08. The van der Waals surface area contributed by atoms with Gasteiger partial charge in [0.15, 0.2) is 0 Å². The van der Waals surface area contributed by atoms with Gasteiger partial charge in [-0.05, 0) is 42.4 Å². The summed E-state index contributed by atoms with van der Waals surface area (Å²) in [5, 5.41) is 10.5. The van der Waals surface area contributed by atoms with E-state index in [1.807, 2.05) is 0 Å². The molecule has 1 aromatic carbocycles. The van der Waals surface area contributed by atoms with E-state index in [0.717, 1.165) is 25.7 Å². The minimum absolute atomic E-state index is 0.0541. The number of carbonyl (C=O) groups excluding carboxylic acids is 4. The van der Waals surface area contributed by atoms with E-state index >= 15 is 8.78 Å². The van der Waals surface area contributed by atoms with Gasteiger partial charge in [0, 0.05) is 37.7 Å². The number of alkyl halides is 2. The summed E-state index contributed by atoms with van der Waals surface area (Å²) in [6.45, 7) is -0.0243. The van der Waals surface area contributed by atoms with Crippen LogP contribution >= 0.6 is 0 Å². The molecule has 6 N–H and O–H groups in total. The predicted octanol–water partition coefficient (Wildman–Crippen LogP) is 0.309. The van der Waals surface area contributed by atoms with Crippen molar-refractivity contribution in [2.45, 2.75) is 75.9 Å². The Bertz CT molecular complexity index is 1110. The minimum atomic E-state index is -3.61. The molecule has 12 heteroatoms. The molecule has 3 aliphatic heterocycles. The molecule has 4 aliphatic rings. The fraction of sp³-hybridized carbons (Fsp3) is 0.600. The normalized spacial score (nSPS) is 28.8. The van der Waals surface area contributed by atoms with Gasteiger partial charge in [-0.2, -0.15) is 8.78 Å². The first-order valence-electron chi connectivity index (χ1n) is 12.8. The quantitative estimate of drug-likeness (QED) is 0.341. The largest absolute Gasteiger partial charge is 0.347 e. The van der Waals surface area contributed by atoms with E-state index in [-0.39, 0.29) is 50.2 Å². The van der Waals surface area contributed by atoms with Crippen LogP contribution in [-0.2, 0) is 27.5 Å². The molecular formula is C25H32F2N6O4. The Morgan fingerprint density at radius 1 is 1.16 bits per heavy atom. The lowest BCUT2D eigenvalue weighted by Crippen LogP contribution is -2.68. The maximum Gasteiger partial charge on any atom is 0.330 e. The van der Waals surface area contributed by atoms with Crippen LogP contribution in [0.15, 0.2) is 18.2 Å². The Morgan fingerprint density at radius 2 is 1.92 bits per heavy atom. The first-order valence-corrected chi connectivity index (χ1v) is 12.8. The summed E-state index contributed by atoms with van der Waals surface area (Å²) in [4.78, 5) is 50.6. The molecule has 1 saturated carbocycles. The summed E-state index contributed by atoms with van der Waals surface area (Å²) in [5.74, 6) is -7.31. The van der Waals surface area contributed by atoms with Crippen molar-refractivity contribution in [3.8, 4) is 0 Å². The molecule has 37 heavy (non-hydrogen) atoms. The van der Waals surface area contributed by atoms with Crippen molar-refractivity contribution in [1.29, 1.82) is 0 Å². The number of nitrogens with zero attached hydrogens (tertiary/aromatic N) is 1. The van der Waals surface area contributed by atoms with Gasteiger partial charge in [0.05, 0.1) is 5.92 Å². The van der Waals surface area contributed by atoms with E-state index in [1.54, 1.807) is 18.2 Å². The smallest absolute Gasteiger partial charge is 0.330 e. The van der Waals surface area contributed by atoms with Gasteiger partial charge in [-0.3, -0.25) is 35.1 Å². The molecule has 5 rings (SSSR count). The number of hydrogen-bond acceptors (Lipinski definition) is 7. The van der Waals surface area contributed by atoms with Crippen molar-refractivity contribution < 1.29 is 28.0 Å². The number of nitrogens with two attached hydrogens (primary N) is 1. The van der Waals surface area contributed by atoms with Crippen LogP contribution in [-0.4, -0.2) is 59.4 Å². The summed E-state index contributed by atoms with van der Waals surface area (Å²) < 4.78 is 30.8. The van der Waals surface area contributed by atoms with Gasteiger partial charge in [-0.15, -0.1) is 0 Å². The summed E-state index contributed by atoms with van der Waals surface area (Å²) >= 11 is 0. The lowest BCUT2D eigenvalue weighted by Gasteiger charge is -2.42. The van der Waals surface area contributed by atoms with Gasteiger partial charge in [-0.25, -0.2) is 0 Å². The number of hydrogen-bond donors (Lipinski definition) is 5. The van der Waals surface area contributed by atoms with Crippen LogP contribution in [0.25, 0.3) is 0 Å². The van der Waals surface area contributed by atoms with Crippen molar-refractivity contribution in [2.24, 2.45) is 17.6 Å². The molecule has 4 amide bonds. The second-order valence-electron chi connectivity index (χ2n) is 10.4. The molecule has 1 aliphatic carbocycles. The zero-order valence-electron chi connectivity index (χ0n) is 20.4. The zero-order valence-corrected chi connectivity index (χ0v) is 20.4. The molecule has 4 unspecified atom stereocenters. The monoisotopic (exact) mass is 518 g/mol. The molecule has 0 bridgehead atoms. The van der Waals surface area contributed by atoms with E-state index < -0.39 is 42.0 Å². The van der Waals surface area contributed by atoms with Gasteiger partial charge >= 0.3 is 5.92 Å². The van der Waals surface area contributed by atoms with Crippen LogP contribution < -0.4 is 27.0 Å². The summed E-state index contributed by atoms with van der Waals surface area (Å²) in [5.41, 5.74) is 7.53. The number of rotatable bonds is 6. The number of benzene rings is 1. The Hall–Kier alpha value is -2.96. The second-order valence-corrected chi connectivity index (χ2v) is 10.4. The SMILES string of the molecule is NC1NCC(C(F)(F)C(=O)NCc2ccc3c(c2)CN(C2CCC(=O)NC2=O)C3=O)C(C2CCCC2)N1. The lowest BCUT2D eigenvalue weighted by atomic mass is 9.81. The van der Waals surface area contributed by atoms with Gasteiger partial charge in [0.1, 0.15) is 12.3 Å². The van der Waals surface area contributed by atoms with Gasteiger partial charge in [0.25, 0.3) is 11.8 Å². The van der Waals surface area contributed by atoms with Gasteiger partial charge < -0.3 is 16.0 Å². The third-order valence-electron chi connectivity index (χ3n) is 8.08. The molecule has 3 heterocycles. The fourth-order valence-electron chi connectivity index (χ4n) is 6.10. The van der Waals surface area contributed by atoms with Crippen molar-refractivity contribution >= 4 is 23.6 Å². The Morgan fingerprint density at radius 3 is 2.65 bits per heavy atom. The van der Waals surface area contributed by atoms with Crippen LogP contribution in [0.1, 0.15) is 60.0 Å². The highest BCUT2D eigenvalue weighted by atomic mass is 19.3. The number of carbonyl (C=O) groups is 4. The number of nitrogens with one attached hydrogen (secondary N) is 4. The van der Waals surface area contributed by atoms with E-state index in [2.05, 4.69) is 21.3 Å². The zero-order chi connectivity index (χ0) is 26.3. The number of halogens is 2. The highest BCUT2D eigenvalue weighted by molar-refractivity contribution is 6.05. The molecule has 0 aromatic heterocycles. The fourth-order valence-corrected chi connectivity index (χ4v) is 6.10. The van der Waals surface area contributed by atoms with Crippen molar-refractivity contribution in [1.82, 2.24) is 26.2 Å². The first kappa shape index (κ1) is 25.7. The van der Waals surface area contributed by atoms with E-state index in [4.69, 9.17) is 5.73 Å². The number of fused-ring (bicyclic) bond motifs is 1. The van der Waals surface area contributed by atoms with Crippen LogP contribution in [0, 0.1) is 11.8 Å². The standard InChI is InChI=1S/C25H32F2N6O4/c26-25(27,17-11-30-24(28)32-20(17)14-3-1-2-4-14)23(37)29-10-13-5-6-16-15(9-13)12-33(22(16)36)18-7-8-19(34)31-21(18)35/h5-6,9,14,17-18,20,24,30,32H,1-4,7-8,10-12,28H2,(H,29,37)(H,31,34,35). The van der Waals surface area contributed by atoms with Crippen molar-refractivity contribution in [3.05, 3.63) is 34.9 Å². The van der Waals surface area contributed by atoms with Crippen LogP contribution in [0.3, 0.4) is 0 Å². The third kappa shape index (κ3) is 4.97. The maximum atomic E-state index is 15.4. The average molecular weight is 519 g/mol. The number of amides is 4. The number of imide groups is 1. The maximum absolute atomic E-state index is 15.4. The molecule has 3 fully saturated rings. The van der Waals surface area contributed by atoms with Crippen molar-refractivity contribution in [3.63, 3.8) is 0 Å². The molecule has 200 valence electrons. The Labute approximate surface area is 213 Å². The lowest BCUT2D eigenvalue weighted by molar-refractivity contribution is -0.159. The molecule has 2 saturated heterocycles. The molecule has 0 spiro atoms. The van der Waals surface area contributed by atoms with Crippen molar-refractivity contribution in [2.75, 3.05) is 6.54 Å². The van der Waals surface area contributed by atoms with Gasteiger partial charge in [0.2, 0.25) is 11.8 Å². The van der Waals surface area contributed by atoms with E-state index in [0.29, 0.717) is 16.7 Å². The molecule has 1 aromatic rings. The molecule has 0 radical (unpaired) electrons. The Balaban J connectivity index is 1.23.